The second kappa shape index (κ2) is 5.83. The van der Waals surface area contributed by atoms with Crippen LogP contribution in [0.15, 0.2) is 40.5 Å². The summed E-state index contributed by atoms with van der Waals surface area (Å²) >= 11 is 0. The number of allylic oxidation sites excluding steroid dienone is 1. The third-order valence-electron chi connectivity index (χ3n) is 4.36. The number of rotatable bonds is 2. The van der Waals surface area contributed by atoms with Gasteiger partial charge in [-0.1, -0.05) is 6.07 Å². The average molecular weight is 336 g/mol. The number of anilines is 1. The minimum Gasteiger partial charge on any atom is -0.508 e. The molecule has 25 heavy (non-hydrogen) atoms. The number of nitriles is 1. The summed E-state index contributed by atoms with van der Waals surface area (Å²) in [6, 6.07) is 6.29. The van der Waals surface area contributed by atoms with Crippen LogP contribution >= 0.6 is 0 Å². The smallest absolute Gasteiger partial charge is 0.254 e. The Kier molecular flexibility index (Phi) is 3.81. The number of hydrogen-bond donors (Lipinski definition) is 4. The first kappa shape index (κ1) is 16.3. The predicted molar refractivity (Wildman–Crippen MR) is 92.0 cm³/mol. The van der Waals surface area contributed by atoms with Crippen LogP contribution in [0.2, 0.25) is 0 Å². The third kappa shape index (κ3) is 2.54. The molecule has 0 spiro atoms. The summed E-state index contributed by atoms with van der Waals surface area (Å²) in [6.45, 7) is 3.51. The lowest BCUT2D eigenvalue weighted by atomic mass is 9.80. The number of aromatic amines is 1. The highest BCUT2D eigenvalue weighted by molar-refractivity contribution is 5.97. The molecule has 0 bridgehead atoms. The zero-order chi connectivity index (χ0) is 18.3. The Bertz CT molecular complexity index is 1030. The van der Waals surface area contributed by atoms with Crippen molar-refractivity contribution in [1.29, 1.82) is 5.26 Å². The van der Waals surface area contributed by atoms with E-state index >= 15 is 0 Å². The molecule has 1 aromatic carbocycles. The summed E-state index contributed by atoms with van der Waals surface area (Å²) in [5.41, 5.74) is 8.17. The standard InChI is InChI=1S/C18H16N4O3/c1-8-7-21-18(25)15-14(11-4-3-10(6-19)5-12(11)23)13(17(20)24)9(2)22-16(8)15/h3-5,7,14,22-23H,1-2H3,(H2,20,24)(H,21,25). The number of phenolic OH excluding ortho intramolecular Hbond substituents is 1. The molecule has 1 amide bonds. The maximum Gasteiger partial charge on any atom is 0.254 e. The molecule has 3 rings (SSSR count). The van der Waals surface area contributed by atoms with Crippen LogP contribution in [-0.2, 0) is 4.79 Å². The van der Waals surface area contributed by atoms with E-state index < -0.39 is 11.8 Å². The van der Waals surface area contributed by atoms with Crippen LogP contribution in [0.25, 0.3) is 0 Å². The van der Waals surface area contributed by atoms with Gasteiger partial charge in [-0.05, 0) is 31.5 Å². The molecular weight excluding hydrogens is 320 g/mol. The number of fused-ring (bicyclic) bond motifs is 1. The Morgan fingerprint density at radius 1 is 1.36 bits per heavy atom. The summed E-state index contributed by atoms with van der Waals surface area (Å²) in [4.78, 5) is 27.2. The topological polar surface area (TPSA) is 132 Å². The Morgan fingerprint density at radius 2 is 2.08 bits per heavy atom. The maximum atomic E-state index is 12.5. The van der Waals surface area contributed by atoms with Gasteiger partial charge in [-0.15, -0.1) is 0 Å². The second-order valence-electron chi connectivity index (χ2n) is 5.94. The van der Waals surface area contributed by atoms with Crippen LogP contribution in [0.5, 0.6) is 5.75 Å². The Balaban J connectivity index is 2.37. The molecule has 1 aliphatic rings. The zero-order valence-electron chi connectivity index (χ0n) is 13.7. The predicted octanol–water partition coefficient (Wildman–Crippen LogP) is 1.58. The maximum absolute atomic E-state index is 12.5. The van der Waals surface area contributed by atoms with Crippen molar-refractivity contribution in [3.63, 3.8) is 0 Å². The van der Waals surface area contributed by atoms with Gasteiger partial charge >= 0.3 is 0 Å². The van der Waals surface area contributed by atoms with Gasteiger partial charge in [0, 0.05) is 23.0 Å². The number of nitrogens with one attached hydrogen (secondary N) is 2. The van der Waals surface area contributed by atoms with Crippen molar-refractivity contribution >= 4 is 11.6 Å². The first-order chi connectivity index (χ1) is 11.8. The van der Waals surface area contributed by atoms with Gasteiger partial charge in [0.15, 0.2) is 0 Å². The number of amides is 1. The number of carbonyl (C=O) groups excluding carboxylic acids is 1. The normalized spacial score (nSPS) is 16.0. The van der Waals surface area contributed by atoms with Crippen molar-refractivity contribution in [1.82, 2.24) is 4.98 Å². The van der Waals surface area contributed by atoms with Crippen molar-refractivity contribution in [3.05, 3.63) is 68.3 Å². The number of nitrogens with zero attached hydrogens (tertiary/aromatic N) is 1. The number of phenols is 1. The number of H-pyrrole nitrogens is 1. The van der Waals surface area contributed by atoms with E-state index in [4.69, 9.17) is 11.0 Å². The van der Waals surface area contributed by atoms with E-state index in [9.17, 15) is 14.7 Å². The third-order valence-corrected chi connectivity index (χ3v) is 4.36. The van der Waals surface area contributed by atoms with Crippen molar-refractivity contribution in [2.75, 3.05) is 5.32 Å². The fourth-order valence-electron chi connectivity index (χ4n) is 3.20. The Labute approximate surface area is 143 Å². The number of aromatic hydroxyl groups is 1. The van der Waals surface area contributed by atoms with Crippen molar-refractivity contribution < 1.29 is 9.90 Å². The SMILES string of the molecule is CC1=C(C(N)=O)C(c2ccc(C#N)cc2O)c2c(c(C)c[nH]c2=O)N1. The van der Waals surface area contributed by atoms with Crippen LogP contribution in [0.1, 0.15) is 35.1 Å². The molecule has 7 nitrogen and oxygen atoms in total. The van der Waals surface area contributed by atoms with Crippen molar-refractivity contribution in [3.8, 4) is 11.8 Å². The Morgan fingerprint density at radius 3 is 2.68 bits per heavy atom. The van der Waals surface area contributed by atoms with Crippen molar-refractivity contribution in [2.45, 2.75) is 19.8 Å². The van der Waals surface area contributed by atoms with Crippen LogP contribution < -0.4 is 16.6 Å². The average Bonchev–Trinajstić information content (AvgIpc) is 2.56. The molecule has 0 saturated heterocycles. The summed E-state index contributed by atoms with van der Waals surface area (Å²) in [5, 5.41) is 22.4. The number of benzene rings is 1. The molecular formula is C18H16N4O3. The second-order valence-corrected chi connectivity index (χ2v) is 5.94. The highest BCUT2D eigenvalue weighted by Gasteiger charge is 2.35. The van der Waals surface area contributed by atoms with E-state index in [1.54, 1.807) is 13.1 Å². The number of aromatic nitrogens is 1. The molecule has 0 radical (unpaired) electrons. The quantitative estimate of drug-likeness (QED) is 0.661. The van der Waals surface area contributed by atoms with E-state index in [0.29, 0.717) is 22.5 Å². The molecule has 5 N–H and O–H groups in total. The summed E-state index contributed by atoms with van der Waals surface area (Å²) in [7, 11) is 0. The fraction of sp³-hybridized carbons (Fsp3) is 0.167. The van der Waals surface area contributed by atoms with Crippen molar-refractivity contribution in [2.24, 2.45) is 5.73 Å². The molecule has 2 heterocycles. The molecule has 2 aromatic rings. The van der Waals surface area contributed by atoms with Gasteiger partial charge in [0.05, 0.1) is 28.8 Å². The molecule has 1 aliphatic heterocycles. The zero-order valence-corrected chi connectivity index (χ0v) is 13.7. The van der Waals surface area contributed by atoms with Gasteiger partial charge in [-0.25, -0.2) is 0 Å². The molecule has 126 valence electrons. The van der Waals surface area contributed by atoms with E-state index in [1.165, 1.54) is 18.2 Å². The van der Waals surface area contributed by atoms with E-state index in [2.05, 4.69) is 10.3 Å². The summed E-state index contributed by atoms with van der Waals surface area (Å²) in [5.74, 6) is -1.69. The molecule has 0 saturated carbocycles. The van der Waals surface area contributed by atoms with Crippen LogP contribution in [0.3, 0.4) is 0 Å². The summed E-state index contributed by atoms with van der Waals surface area (Å²) in [6.07, 6.45) is 1.58. The lowest BCUT2D eigenvalue weighted by molar-refractivity contribution is -0.114. The van der Waals surface area contributed by atoms with E-state index in [-0.39, 0.29) is 22.4 Å². The first-order valence-corrected chi connectivity index (χ1v) is 7.58. The fourth-order valence-corrected chi connectivity index (χ4v) is 3.20. The lowest BCUT2D eigenvalue weighted by Gasteiger charge is -2.30. The Hall–Kier alpha value is -3.53. The summed E-state index contributed by atoms with van der Waals surface area (Å²) < 4.78 is 0. The van der Waals surface area contributed by atoms with Gasteiger partial charge in [0.2, 0.25) is 5.91 Å². The minimum absolute atomic E-state index is 0.177. The van der Waals surface area contributed by atoms with Gasteiger partial charge in [0.1, 0.15) is 5.75 Å². The highest BCUT2D eigenvalue weighted by atomic mass is 16.3. The number of aryl methyl sites for hydroxylation is 1. The molecule has 1 unspecified atom stereocenters. The molecule has 0 fully saturated rings. The van der Waals surface area contributed by atoms with Gasteiger partial charge in [-0.2, -0.15) is 5.26 Å². The van der Waals surface area contributed by atoms with E-state index in [0.717, 1.165) is 5.56 Å². The number of hydrogen-bond acceptors (Lipinski definition) is 5. The minimum atomic E-state index is -0.829. The van der Waals surface area contributed by atoms with Crippen LogP contribution in [-0.4, -0.2) is 16.0 Å². The number of nitrogens with two attached hydrogens (primary N) is 1. The number of primary amides is 1. The lowest BCUT2D eigenvalue weighted by Crippen LogP contribution is -2.32. The van der Waals surface area contributed by atoms with Gasteiger partial charge in [0.25, 0.3) is 5.56 Å². The molecule has 1 aromatic heterocycles. The van der Waals surface area contributed by atoms with Gasteiger partial charge < -0.3 is 21.1 Å². The highest BCUT2D eigenvalue weighted by Crippen LogP contribution is 2.43. The first-order valence-electron chi connectivity index (χ1n) is 7.58. The van der Waals surface area contributed by atoms with Gasteiger partial charge in [-0.3, -0.25) is 9.59 Å². The van der Waals surface area contributed by atoms with Crippen LogP contribution in [0.4, 0.5) is 5.69 Å². The molecule has 1 atom stereocenters. The number of pyridine rings is 1. The van der Waals surface area contributed by atoms with E-state index in [1.807, 2.05) is 13.0 Å². The van der Waals surface area contributed by atoms with Crippen LogP contribution in [0, 0.1) is 18.3 Å². The number of carbonyl (C=O) groups is 1. The monoisotopic (exact) mass is 336 g/mol. The molecule has 7 heteroatoms. The molecule has 0 aliphatic carbocycles. The largest absolute Gasteiger partial charge is 0.508 e.